The lowest BCUT2D eigenvalue weighted by molar-refractivity contribution is -0.113. The molecule has 0 spiro atoms. The molecule has 0 saturated heterocycles. The normalized spacial score (nSPS) is 10.9. The van der Waals surface area contributed by atoms with Gasteiger partial charge in [0, 0.05) is 11.6 Å². The van der Waals surface area contributed by atoms with Crippen molar-refractivity contribution in [1.82, 2.24) is 14.9 Å². The summed E-state index contributed by atoms with van der Waals surface area (Å²) in [7, 11) is 0. The number of benzene rings is 1. The van der Waals surface area contributed by atoms with Crippen molar-refractivity contribution in [2.75, 3.05) is 16.9 Å². The van der Waals surface area contributed by atoms with Gasteiger partial charge in [0.2, 0.25) is 11.1 Å². The average molecular weight is 309 g/mol. The number of hydrogen-bond donors (Lipinski definition) is 2. The molecule has 0 unspecified atom stereocenters. The molecule has 112 valence electrons. The van der Waals surface area contributed by atoms with Crippen LogP contribution in [0.2, 0.25) is 0 Å². The fourth-order valence-corrected chi connectivity index (χ4v) is 2.30. The van der Waals surface area contributed by atoms with Crippen molar-refractivity contribution in [1.29, 1.82) is 0 Å². The van der Waals surface area contributed by atoms with Crippen molar-refractivity contribution in [2.24, 2.45) is 0 Å². The molecule has 1 aromatic heterocycles. The van der Waals surface area contributed by atoms with Crippen molar-refractivity contribution in [2.45, 2.75) is 24.9 Å². The van der Waals surface area contributed by atoms with Crippen LogP contribution in [0.1, 0.15) is 25.6 Å². The van der Waals surface area contributed by atoms with E-state index in [0.29, 0.717) is 16.7 Å². The Labute approximate surface area is 125 Å². The fraction of sp³-hybridized carbons (Fsp3) is 0.308. The summed E-state index contributed by atoms with van der Waals surface area (Å²) in [5.74, 6) is 6.25. The van der Waals surface area contributed by atoms with Gasteiger partial charge in [-0.25, -0.2) is 9.07 Å². The van der Waals surface area contributed by atoms with Crippen LogP contribution >= 0.6 is 11.8 Å². The van der Waals surface area contributed by atoms with Gasteiger partial charge >= 0.3 is 0 Å². The number of carbonyl (C=O) groups is 1. The number of anilines is 1. The summed E-state index contributed by atoms with van der Waals surface area (Å²) < 4.78 is 14.1. The number of carbonyl (C=O) groups excluding carboxylic acids is 1. The number of nitrogens with one attached hydrogen (secondary N) is 1. The Bertz CT molecular complexity index is 626. The highest BCUT2D eigenvalue weighted by atomic mass is 32.2. The van der Waals surface area contributed by atoms with E-state index in [2.05, 4.69) is 15.5 Å². The van der Waals surface area contributed by atoms with E-state index in [1.807, 2.05) is 13.8 Å². The molecule has 21 heavy (non-hydrogen) atoms. The summed E-state index contributed by atoms with van der Waals surface area (Å²) in [6.45, 7) is 3.92. The van der Waals surface area contributed by atoms with Crippen LogP contribution in [0, 0.1) is 5.82 Å². The van der Waals surface area contributed by atoms with Gasteiger partial charge in [-0.2, -0.15) is 0 Å². The maximum Gasteiger partial charge on any atom is 0.234 e. The molecule has 1 heterocycles. The number of rotatable bonds is 5. The number of amides is 1. The molecule has 0 aliphatic heterocycles. The Morgan fingerprint density at radius 3 is 2.62 bits per heavy atom. The molecule has 0 radical (unpaired) electrons. The Morgan fingerprint density at radius 2 is 2.05 bits per heavy atom. The fourth-order valence-electron chi connectivity index (χ4n) is 1.64. The topological polar surface area (TPSA) is 85.8 Å². The zero-order valence-corrected chi connectivity index (χ0v) is 12.5. The van der Waals surface area contributed by atoms with Crippen LogP contribution in [0.4, 0.5) is 10.1 Å². The maximum absolute atomic E-state index is 12.8. The number of nitrogens with two attached hydrogens (primary N) is 1. The second-order valence-electron chi connectivity index (χ2n) is 4.71. The van der Waals surface area contributed by atoms with E-state index in [0.717, 1.165) is 0 Å². The number of aromatic nitrogens is 3. The highest BCUT2D eigenvalue weighted by molar-refractivity contribution is 7.99. The maximum atomic E-state index is 12.8. The highest BCUT2D eigenvalue weighted by Gasteiger charge is 2.14. The summed E-state index contributed by atoms with van der Waals surface area (Å²) >= 11 is 1.19. The molecule has 0 aliphatic rings. The minimum Gasteiger partial charge on any atom is -0.336 e. The van der Waals surface area contributed by atoms with Crippen molar-refractivity contribution in [3.05, 3.63) is 35.9 Å². The van der Waals surface area contributed by atoms with Gasteiger partial charge in [0.15, 0.2) is 5.82 Å². The number of halogens is 1. The molecule has 2 rings (SSSR count). The lowest BCUT2D eigenvalue weighted by Crippen LogP contribution is -2.17. The van der Waals surface area contributed by atoms with Crippen LogP contribution in [0.5, 0.6) is 0 Å². The predicted octanol–water partition coefficient (Wildman–Crippen LogP) is 1.99. The minimum atomic E-state index is -0.347. The molecule has 1 aromatic carbocycles. The first-order chi connectivity index (χ1) is 9.97. The van der Waals surface area contributed by atoms with E-state index in [4.69, 9.17) is 5.84 Å². The van der Waals surface area contributed by atoms with E-state index in [1.54, 1.807) is 0 Å². The third-order valence-corrected chi connectivity index (χ3v) is 3.61. The zero-order valence-electron chi connectivity index (χ0n) is 11.7. The van der Waals surface area contributed by atoms with Gasteiger partial charge in [-0.1, -0.05) is 25.6 Å². The lowest BCUT2D eigenvalue weighted by Gasteiger charge is -2.06. The van der Waals surface area contributed by atoms with Gasteiger partial charge in [-0.15, -0.1) is 10.2 Å². The van der Waals surface area contributed by atoms with Crippen LogP contribution in [-0.2, 0) is 4.79 Å². The van der Waals surface area contributed by atoms with Crippen LogP contribution in [-0.4, -0.2) is 26.5 Å². The Balaban J connectivity index is 1.91. The van der Waals surface area contributed by atoms with Crippen LogP contribution < -0.4 is 11.2 Å². The van der Waals surface area contributed by atoms with E-state index in [1.165, 1.54) is 40.7 Å². The average Bonchev–Trinajstić information content (AvgIpc) is 2.80. The summed E-state index contributed by atoms with van der Waals surface area (Å²) in [6, 6.07) is 5.57. The Morgan fingerprint density at radius 1 is 1.38 bits per heavy atom. The standard InChI is InChI=1S/C13H16FN5OS/c1-8(2)12-17-18-13(19(12)15)21-7-11(20)16-10-5-3-9(14)4-6-10/h3-6,8H,7,15H2,1-2H3,(H,16,20). The van der Waals surface area contributed by atoms with Crippen molar-refractivity contribution < 1.29 is 9.18 Å². The van der Waals surface area contributed by atoms with Gasteiger partial charge in [0.05, 0.1) is 5.75 Å². The highest BCUT2D eigenvalue weighted by Crippen LogP contribution is 2.19. The second kappa shape index (κ2) is 6.57. The summed E-state index contributed by atoms with van der Waals surface area (Å²) in [5, 5.41) is 11.1. The van der Waals surface area contributed by atoms with Gasteiger partial charge in [-0.05, 0) is 24.3 Å². The molecule has 0 bridgehead atoms. The summed E-state index contributed by atoms with van der Waals surface area (Å²) in [6.07, 6.45) is 0. The first-order valence-electron chi connectivity index (χ1n) is 6.36. The lowest BCUT2D eigenvalue weighted by atomic mass is 10.2. The number of hydrogen-bond acceptors (Lipinski definition) is 5. The van der Waals surface area contributed by atoms with Crippen molar-refractivity contribution >= 4 is 23.4 Å². The molecule has 0 atom stereocenters. The summed E-state index contributed by atoms with van der Waals surface area (Å²) in [4.78, 5) is 11.8. The molecule has 0 saturated carbocycles. The molecule has 8 heteroatoms. The van der Waals surface area contributed by atoms with Gasteiger partial charge < -0.3 is 11.2 Å². The predicted molar refractivity (Wildman–Crippen MR) is 80.0 cm³/mol. The number of nitrogen functional groups attached to an aromatic ring is 1. The first-order valence-corrected chi connectivity index (χ1v) is 7.34. The molecular weight excluding hydrogens is 293 g/mol. The zero-order chi connectivity index (χ0) is 15.4. The first kappa shape index (κ1) is 15.3. The molecular formula is C13H16FN5OS. The third-order valence-electron chi connectivity index (χ3n) is 2.67. The SMILES string of the molecule is CC(C)c1nnc(SCC(=O)Nc2ccc(F)cc2)n1N. The van der Waals surface area contributed by atoms with Crippen molar-refractivity contribution in [3.63, 3.8) is 0 Å². The molecule has 3 N–H and O–H groups in total. The van der Waals surface area contributed by atoms with E-state index >= 15 is 0 Å². The minimum absolute atomic E-state index is 0.144. The van der Waals surface area contributed by atoms with E-state index in [-0.39, 0.29) is 23.4 Å². The Hall–Kier alpha value is -2.09. The van der Waals surface area contributed by atoms with Crippen molar-refractivity contribution in [3.8, 4) is 0 Å². The molecule has 6 nitrogen and oxygen atoms in total. The van der Waals surface area contributed by atoms with Gasteiger partial charge in [0.25, 0.3) is 0 Å². The van der Waals surface area contributed by atoms with Gasteiger partial charge in [-0.3, -0.25) is 4.79 Å². The quantitative estimate of drug-likeness (QED) is 0.651. The van der Waals surface area contributed by atoms with E-state index < -0.39 is 0 Å². The molecule has 2 aromatic rings. The monoisotopic (exact) mass is 309 g/mol. The summed E-state index contributed by atoms with van der Waals surface area (Å²) in [5.41, 5.74) is 0.541. The Kier molecular flexibility index (Phi) is 4.79. The smallest absolute Gasteiger partial charge is 0.234 e. The number of nitrogens with zero attached hydrogens (tertiary/aromatic N) is 3. The third kappa shape index (κ3) is 3.94. The molecule has 0 fully saturated rings. The van der Waals surface area contributed by atoms with Crippen LogP contribution in [0.15, 0.2) is 29.4 Å². The van der Waals surface area contributed by atoms with E-state index in [9.17, 15) is 9.18 Å². The number of thioether (sulfide) groups is 1. The van der Waals surface area contributed by atoms with Crippen LogP contribution in [0.25, 0.3) is 0 Å². The second-order valence-corrected chi connectivity index (χ2v) is 5.65. The molecule has 0 aliphatic carbocycles. The van der Waals surface area contributed by atoms with Gasteiger partial charge in [0.1, 0.15) is 5.82 Å². The molecule has 1 amide bonds. The largest absolute Gasteiger partial charge is 0.336 e. The van der Waals surface area contributed by atoms with Crippen LogP contribution in [0.3, 0.4) is 0 Å².